The van der Waals surface area contributed by atoms with Crippen LogP contribution in [0.1, 0.15) is 25.5 Å². The summed E-state index contributed by atoms with van der Waals surface area (Å²) in [6, 6.07) is 1.24. The zero-order valence-electron chi connectivity index (χ0n) is 9.78. The molecule has 0 saturated carbocycles. The van der Waals surface area contributed by atoms with E-state index in [1.54, 1.807) is 0 Å². The predicted molar refractivity (Wildman–Crippen MR) is 62.2 cm³/mol. The number of aromatic amines is 1. The molecule has 0 aliphatic carbocycles. The Balaban J connectivity index is 2.26. The van der Waals surface area contributed by atoms with Crippen molar-refractivity contribution in [1.29, 1.82) is 0 Å². The van der Waals surface area contributed by atoms with Gasteiger partial charge in [-0.1, -0.05) is 0 Å². The lowest BCUT2D eigenvalue weighted by atomic mass is 10.1. The first-order valence-corrected chi connectivity index (χ1v) is 5.87. The van der Waals surface area contributed by atoms with Gasteiger partial charge in [-0.2, -0.15) is 0 Å². The van der Waals surface area contributed by atoms with Crippen LogP contribution in [0.2, 0.25) is 0 Å². The molecule has 3 atom stereocenters. The lowest BCUT2D eigenvalue weighted by Gasteiger charge is -2.23. The molecule has 0 aromatic carbocycles. The minimum absolute atomic E-state index is 0.310. The van der Waals surface area contributed by atoms with Gasteiger partial charge in [-0.25, -0.2) is 4.79 Å². The molecule has 2 heterocycles. The van der Waals surface area contributed by atoms with E-state index >= 15 is 0 Å². The highest BCUT2D eigenvalue weighted by molar-refractivity contribution is 4.85. The van der Waals surface area contributed by atoms with Crippen LogP contribution in [0.15, 0.2) is 21.9 Å². The van der Waals surface area contributed by atoms with Crippen LogP contribution in [0.5, 0.6) is 0 Å². The molecular weight excluding hydrogens is 240 g/mol. The number of nitrogens with zero attached hydrogens (tertiary/aromatic N) is 1. The first kappa shape index (κ1) is 13.0. The van der Waals surface area contributed by atoms with Gasteiger partial charge in [0, 0.05) is 12.3 Å². The molecule has 1 saturated heterocycles. The highest BCUT2D eigenvalue weighted by Gasteiger charge is 2.28. The molecule has 1 aliphatic heterocycles. The van der Waals surface area contributed by atoms with Crippen LogP contribution in [0.4, 0.5) is 0 Å². The molecule has 2 rings (SSSR count). The average Bonchev–Trinajstić information content (AvgIpc) is 2.51. The predicted octanol–water partition coefficient (Wildman–Crippen LogP) is -1.04. The Bertz CT molecular complexity index is 509. The Kier molecular flexibility index (Phi) is 3.95. The Morgan fingerprint density at radius 3 is 2.89 bits per heavy atom. The Morgan fingerprint density at radius 2 is 2.22 bits per heavy atom. The number of rotatable bonds is 2. The number of aromatic nitrogens is 2. The monoisotopic (exact) mass is 256 g/mol. The molecule has 0 spiro atoms. The molecule has 0 bridgehead atoms. The summed E-state index contributed by atoms with van der Waals surface area (Å²) in [5.74, 6) is 0. The number of H-pyrrole nitrogens is 1. The summed E-state index contributed by atoms with van der Waals surface area (Å²) in [6.07, 6.45) is 1.06. The van der Waals surface area contributed by atoms with Crippen LogP contribution in [-0.4, -0.2) is 38.6 Å². The lowest BCUT2D eigenvalue weighted by molar-refractivity contribution is -0.113. The number of hydrogen-bond acceptors (Lipinski definition) is 5. The van der Waals surface area contributed by atoms with Crippen LogP contribution >= 0.6 is 0 Å². The van der Waals surface area contributed by atoms with Crippen molar-refractivity contribution in [1.82, 2.24) is 9.55 Å². The Morgan fingerprint density at radius 1 is 1.44 bits per heavy atom. The smallest absolute Gasteiger partial charge is 0.330 e. The van der Waals surface area contributed by atoms with E-state index < -0.39 is 29.7 Å². The van der Waals surface area contributed by atoms with Crippen LogP contribution in [0.3, 0.4) is 0 Å². The van der Waals surface area contributed by atoms with E-state index in [9.17, 15) is 14.7 Å². The first-order valence-electron chi connectivity index (χ1n) is 5.87. The van der Waals surface area contributed by atoms with Crippen LogP contribution < -0.4 is 11.2 Å². The second-order valence-electron chi connectivity index (χ2n) is 4.33. The van der Waals surface area contributed by atoms with E-state index in [0.29, 0.717) is 19.3 Å². The molecule has 7 nitrogen and oxygen atoms in total. The quantitative estimate of drug-likeness (QED) is 0.626. The third-order valence-electron chi connectivity index (χ3n) is 3.05. The number of hydrogen-bond donors (Lipinski definition) is 3. The summed E-state index contributed by atoms with van der Waals surface area (Å²) in [4.78, 5) is 24.8. The van der Waals surface area contributed by atoms with Gasteiger partial charge in [0.25, 0.3) is 5.56 Å². The number of aliphatic hydroxyl groups excluding tert-OH is 2. The lowest BCUT2D eigenvalue weighted by Crippen LogP contribution is -2.37. The molecule has 3 N–H and O–H groups in total. The minimum Gasteiger partial charge on any atom is -0.394 e. The van der Waals surface area contributed by atoms with Gasteiger partial charge in [-0.05, 0) is 19.3 Å². The van der Waals surface area contributed by atoms with Crippen molar-refractivity contribution in [3.05, 3.63) is 33.1 Å². The standard InChI is InChI=1S/C11H16N2O5/c14-6-8-7(15)2-1-3-10(18-8)13-5-4-9(16)12-11(13)17/h4-5,7-8,10,14-15H,1-3,6H2,(H,12,16,17)/t7-,8+,10+/m0/s1. The maximum Gasteiger partial charge on any atom is 0.330 e. The SMILES string of the molecule is O=c1ccn([C@H]2CCC[C@H](O)[C@@H](CO)O2)c(=O)[nH]1. The summed E-state index contributed by atoms with van der Waals surface area (Å²) >= 11 is 0. The van der Waals surface area contributed by atoms with Gasteiger partial charge in [0.1, 0.15) is 12.3 Å². The molecule has 1 fully saturated rings. The first-order chi connectivity index (χ1) is 8.61. The number of nitrogens with one attached hydrogen (secondary N) is 1. The van der Waals surface area contributed by atoms with Gasteiger partial charge in [0.05, 0.1) is 12.7 Å². The summed E-state index contributed by atoms with van der Waals surface area (Å²) in [7, 11) is 0. The molecular formula is C11H16N2O5. The highest BCUT2D eigenvalue weighted by atomic mass is 16.5. The van der Waals surface area contributed by atoms with Crippen molar-refractivity contribution in [3.63, 3.8) is 0 Å². The van der Waals surface area contributed by atoms with Crippen molar-refractivity contribution in [2.45, 2.75) is 37.7 Å². The van der Waals surface area contributed by atoms with E-state index in [4.69, 9.17) is 9.84 Å². The number of ether oxygens (including phenoxy) is 1. The van der Waals surface area contributed by atoms with E-state index in [1.807, 2.05) is 0 Å². The Labute approximate surface area is 103 Å². The summed E-state index contributed by atoms with van der Waals surface area (Å²) in [5, 5.41) is 18.8. The molecule has 0 amide bonds. The molecule has 1 aromatic heterocycles. The molecule has 1 aromatic rings. The summed E-state index contributed by atoms with van der Waals surface area (Å²) < 4.78 is 6.79. The fraction of sp³-hybridized carbons (Fsp3) is 0.636. The van der Waals surface area contributed by atoms with Gasteiger partial charge < -0.3 is 14.9 Å². The zero-order valence-corrected chi connectivity index (χ0v) is 9.78. The second kappa shape index (κ2) is 5.47. The van der Waals surface area contributed by atoms with Gasteiger partial charge in [0.2, 0.25) is 0 Å². The maximum absolute atomic E-state index is 11.6. The fourth-order valence-corrected chi connectivity index (χ4v) is 2.07. The van der Waals surface area contributed by atoms with E-state index in [0.717, 1.165) is 0 Å². The van der Waals surface area contributed by atoms with Crippen molar-refractivity contribution in [3.8, 4) is 0 Å². The third kappa shape index (κ3) is 2.69. The van der Waals surface area contributed by atoms with E-state index in [2.05, 4.69) is 4.98 Å². The fourth-order valence-electron chi connectivity index (χ4n) is 2.07. The maximum atomic E-state index is 11.6. The molecule has 18 heavy (non-hydrogen) atoms. The summed E-state index contributed by atoms with van der Waals surface area (Å²) in [6.45, 7) is -0.310. The van der Waals surface area contributed by atoms with Crippen molar-refractivity contribution in [2.24, 2.45) is 0 Å². The largest absolute Gasteiger partial charge is 0.394 e. The van der Waals surface area contributed by atoms with E-state index in [1.165, 1.54) is 16.8 Å². The topological polar surface area (TPSA) is 105 Å². The van der Waals surface area contributed by atoms with Gasteiger partial charge in [-0.15, -0.1) is 0 Å². The van der Waals surface area contributed by atoms with Gasteiger partial charge in [-0.3, -0.25) is 14.3 Å². The van der Waals surface area contributed by atoms with Gasteiger partial charge >= 0.3 is 5.69 Å². The minimum atomic E-state index is -0.738. The molecule has 7 heteroatoms. The number of aliphatic hydroxyl groups is 2. The highest BCUT2D eigenvalue weighted by Crippen LogP contribution is 2.24. The van der Waals surface area contributed by atoms with Crippen LogP contribution in [-0.2, 0) is 4.74 Å². The normalized spacial score (nSPS) is 28.9. The average molecular weight is 256 g/mol. The second-order valence-corrected chi connectivity index (χ2v) is 4.33. The molecule has 100 valence electrons. The third-order valence-corrected chi connectivity index (χ3v) is 3.05. The summed E-state index contributed by atoms with van der Waals surface area (Å²) in [5.41, 5.74) is -1.02. The molecule has 0 radical (unpaired) electrons. The Hall–Kier alpha value is -1.44. The van der Waals surface area contributed by atoms with Crippen molar-refractivity contribution < 1.29 is 14.9 Å². The van der Waals surface area contributed by atoms with Crippen molar-refractivity contribution in [2.75, 3.05) is 6.61 Å². The van der Waals surface area contributed by atoms with Crippen LogP contribution in [0.25, 0.3) is 0 Å². The van der Waals surface area contributed by atoms with Crippen molar-refractivity contribution >= 4 is 0 Å². The van der Waals surface area contributed by atoms with Gasteiger partial charge in [0.15, 0.2) is 0 Å². The molecule has 1 aliphatic rings. The van der Waals surface area contributed by atoms with E-state index in [-0.39, 0.29) is 6.61 Å². The van der Waals surface area contributed by atoms with Crippen LogP contribution in [0, 0.1) is 0 Å². The molecule has 0 unspecified atom stereocenters. The zero-order chi connectivity index (χ0) is 13.1.